The number of rotatable bonds is 5. The van der Waals surface area contributed by atoms with E-state index in [-0.39, 0.29) is 0 Å². The molecule has 1 unspecified atom stereocenters. The fourth-order valence-corrected chi connectivity index (χ4v) is 3.03. The van der Waals surface area contributed by atoms with Gasteiger partial charge in [-0.15, -0.1) is 5.10 Å². The summed E-state index contributed by atoms with van der Waals surface area (Å²) in [4.78, 5) is 0. The molecule has 0 radical (unpaired) electrons. The lowest BCUT2D eigenvalue weighted by Gasteiger charge is -2.18. The molecule has 5 nitrogen and oxygen atoms in total. The van der Waals surface area contributed by atoms with E-state index >= 15 is 0 Å². The highest BCUT2D eigenvalue weighted by atomic mass is 32.2. The molecule has 0 bridgehead atoms. The van der Waals surface area contributed by atoms with Crippen LogP contribution in [-0.2, 0) is 7.05 Å². The molecule has 102 valence electrons. The molecule has 1 atom stereocenters. The van der Waals surface area contributed by atoms with Crippen LogP contribution >= 0.6 is 11.8 Å². The van der Waals surface area contributed by atoms with Gasteiger partial charge in [0.25, 0.3) is 0 Å². The zero-order chi connectivity index (χ0) is 13.8. The number of benzene rings is 1. The summed E-state index contributed by atoms with van der Waals surface area (Å²) in [6, 6.07) is 6.86. The van der Waals surface area contributed by atoms with Crippen LogP contribution in [-0.4, -0.2) is 33.0 Å². The van der Waals surface area contributed by atoms with Crippen LogP contribution in [0.4, 0.5) is 0 Å². The van der Waals surface area contributed by atoms with Gasteiger partial charge in [-0.2, -0.15) is 0 Å². The molecule has 1 N–H and O–H groups in total. The summed E-state index contributed by atoms with van der Waals surface area (Å²) < 4.78 is 1.69. The predicted molar refractivity (Wildman–Crippen MR) is 77.2 cm³/mol. The van der Waals surface area contributed by atoms with Gasteiger partial charge in [0.15, 0.2) is 0 Å². The van der Waals surface area contributed by atoms with Gasteiger partial charge < -0.3 is 5.32 Å². The number of aromatic nitrogens is 4. The third-order valence-electron chi connectivity index (χ3n) is 3.11. The van der Waals surface area contributed by atoms with E-state index in [9.17, 15) is 0 Å². The van der Waals surface area contributed by atoms with Crippen molar-refractivity contribution in [2.24, 2.45) is 7.05 Å². The first-order valence-electron chi connectivity index (χ1n) is 6.21. The summed E-state index contributed by atoms with van der Waals surface area (Å²) in [6.45, 7) is 4.27. The van der Waals surface area contributed by atoms with Gasteiger partial charge >= 0.3 is 0 Å². The second-order valence-corrected chi connectivity index (χ2v) is 5.58. The molecule has 6 heteroatoms. The van der Waals surface area contributed by atoms with Crippen molar-refractivity contribution in [2.75, 3.05) is 12.8 Å². The number of nitrogens with one attached hydrogen (secondary N) is 1. The van der Waals surface area contributed by atoms with Crippen molar-refractivity contribution < 1.29 is 0 Å². The van der Waals surface area contributed by atoms with Crippen LogP contribution in [0.2, 0.25) is 0 Å². The van der Waals surface area contributed by atoms with Crippen molar-refractivity contribution in [1.82, 2.24) is 25.5 Å². The summed E-state index contributed by atoms with van der Waals surface area (Å²) >= 11 is 1.66. The Balaban J connectivity index is 2.10. The van der Waals surface area contributed by atoms with E-state index in [0.717, 1.165) is 10.9 Å². The van der Waals surface area contributed by atoms with Crippen molar-refractivity contribution in [3.8, 4) is 0 Å². The summed E-state index contributed by atoms with van der Waals surface area (Å²) in [6.07, 6.45) is 0. The Morgan fingerprint density at radius 3 is 2.74 bits per heavy atom. The first-order valence-corrected chi connectivity index (χ1v) is 7.20. The first kappa shape index (κ1) is 14.0. The highest BCUT2D eigenvalue weighted by molar-refractivity contribution is 7.99. The van der Waals surface area contributed by atoms with Crippen LogP contribution < -0.4 is 5.32 Å². The Bertz CT molecular complexity index is 552. The molecule has 0 spiro atoms. The molecule has 2 aromatic rings. The maximum Gasteiger partial charge on any atom is 0.209 e. The van der Waals surface area contributed by atoms with E-state index in [1.165, 1.54) is 16.7 Å². The highest BCUT2D eigenvalue weighted by Gasteiger charge is 2.14. The lowest BCUT2D eigenvalue weighted by molar-refractivity contribution is 0.646. The van der Waals surface area contributed by atoms with Crippen molar-refractivity contribution in [2.45, 2.75) is 25.0 Å². The molecule has 0 saturated heterocycles. The molecule has 0 aliphatic rings. The fraction of sp³-hybridized carbons (Fsp3) is 0.462. The Labute approximate surface area is 117 Å². The Kier molecular flexibility index (Phi) is 4.55. The highest BCUT2D eigenvalue weighted by Crippen LogP contribution is 2.25. The van der Waals surface area contributed by atoms with Gasteiger partial charge in [0.1, 0.15) is 0 Å². The molecule has 1 heterocycles. The average Bonchev–Trinajstić information content (AvgIpc) is 2.78. The topological polar surface area (TPSA) is 55.6 Å². The third-order valence-corrected chi connectivity index (χ3v) is 4.21. The minimum absolute atomic E-state index is 0.294. The van der Waals surface area contributed by atoms with Crippen LogP contribution in [0.1, 0.15) is 22.7 Å². The van der Waals surface area contributed by atoms with Crippen molar-refractivity contribution >= 4 is 11.8 Å². The standard InChI is InChI=1S/C13H19N5S/c1-9-5-6-11(10(2)7-9)12(14-3)8-19-13-15-16-17-18(13)4/h5-7,12,14H,8H2,1-4H3. The number of aryl methyl sites for hydroxylation is 3. The minimum Gasteiger partial charge on any atom is -0.312 e. The molecular formula is C13H19N5S. The lowest BCUT2D eigenvalue weighted by Crippen LogP contribution is -2.20. The molecule has 1 aromatic carbocycles. The number of thioether (sulfide) groups is 1. The first-order chi connectivity index (χ1) is 9.11. The summed E-state index contributed by atoms with van der Waals surface area (Å²) in [7, 11) is 3.84. The molecule has 0 aliphatic heterocycles. The largest absolute Gasteiger partial charge is 0.312 e. The molecule has 19 heavy (non-hydrogen) atoms. The minimum atomic E-state index is 0.294. The maximum atomic E-state index is 3.99. The summed E-state index contributed by atoms with van der Waals surface area (Å²) in [5, 5.41) is 15.7. The zero-order valence-corrected chi connectivity index (χ0v) is 12.5. The van der Waals surface area contributed by atoms with E-state index in [2.05, 4.69) is 52.9 Å². The van der Waals surface area contributed by atoms with Crippen LogP contribution in [0, 0.1) is 13.8 Å². The quantitative estimate of drug-likeness (QED) is 0.846. The number of nitrogens with zero attached hydrogens (tertiary/aromatic N) is 4. The molecule has 0 saturated carbocycles. The third kappa shape index (κ3) is 3.33. The Morgan fingerprint density at radius 1 is 1.37 bits per heavy atom. The molecular weight excluding hydrogens is 258 g/mol. The van der Waals surface area contributed by atoms with E-state index in [4.69, 9.17) is 0 Å². The van der Waals surface area contributed by atoms with Crippen LogP contribution in [0.25, 0.3) is 0 Å². The summed E-state index contributed by atoms with van der Waals surface area (Å²) in [5.74, 6) is 0.897. The molecule has 0 amide bonds. The van der Waals surface area contributed by atoms with Gasteiger partial charge in [-0.25, -0.2) is 4.68 Å². The Hall–Kier alpha value is -1.40. The lowest BCUT2D eigenvalue weighted by atomic mass is 10.0. The van der Waals surface area contributed by atoms with E-state index < -0.39 is 0 Å². The van der Waals surface area contributed by atoms with Crippen LogP contribution in [0.3, 0.4) is 0 Å². The average molecular weight is 277 g/mol. The zero-order valence-electron chi connectivity index (χ0n) is 11.7. The van der Waals surface area contributed by atoms with E-state index in [1.54, 1.807) is 16.4 Å². The smallest absolute Gasteiger partial charge is 0.209 e. The normalized spacial score (nSPS) is 12.6. The fourth-order valence-electron chi connectivity index (χ4n) is 2.05. The Morgan fingerprint density at radius 2 is 2.16 bits per heavy atom. The van der Waals surface area contributed by atoms with Crippen LogP contribution in [0.5, 0.6) is 0 Å². The van der Waals surface area contributed by atoms with Gasteiger partial charge in [-0.1, -0.05) is 35.5 Å². The van der Waals surface area contributed by atoms with Crippen molar-refractivity contribution in [3.63, 3.8) is 0 Å². The van der Waals surface area contributed by atoms with Crippen molar-refractivity contribution in [1.29, 1.82) is 0 Å². The van der Waals surface area contributed by atoms with Gasteiger partial charge in [-0.3, -0.25) is 0 Å². The van der Waals surface area contributed by atoms with E-state index in [0.29, 0.717) is 6.04 Å². The van der Waals surface area contributed by atoms with Gasteiger partial charge in [-0.05, 0) is 42.4 Å². The second kappa shape index (κ2) is 6.16. The number of hydrogen-bond acceptors (Lipinski definition) is 5. The predicted octanol–water partition coefficient (Wildman–Crippen LogP) is 1.88. The van der Waals surface area contributed by atoms with Gasteiger partial charge in [0.2, 0.25) is 5.16 Å². The SMILES string of the molecule is CNC(CSc1nnnn1C)c1ccc(C)cc1C. The second-order valence-electron chi connectivity index (χ2n) is 4.60. The van der Waals surface area contributed by atoms with Crippen molar-refractivity contribution in [3.05, 3.63) is 34.9 Å². The molecule has 0 fully saturated rings. The summed E-state index contributed by atoms with van der Waals surface area (Å²) in [5.41, 5.74) is 3.94. The van der Waals surface area contributed by atoms with Gasteiger partial charge in [0.05, 0.1) is 0 Å². The monoisotopic (exact) mass is 277 g/mol. The molecule has 0 aliphatic carbocycles. The van der Waals surface area contributed by atoms with Gasteiger partial charge in [0, 0.05) is 18.8 Å². The molecule has 1 aromatic heterocycles. The van der Waals surface area contributed by atoms with Crippen LogP contribution in [0.15, 0.2) is 23.4 Å². The number of hydrogen-bond donors (Lipinski definition) is 1. The van der Waals surface area contributed by atoms with E-state index in [1.807, 2.05) is 14.1 Å². The molecule has 2 rings (SSSR count). The maximum absolute atomic E-state index is 3.99. The number of tetrazole rings is 1.